The van der Waals surface area contributed by atoms with Crippen LogP contribution in [-0.2, 0) is 0 Å². The minimum atomic E-state index is -0.836. The van der Waals surface area contributed by atoms with Gasteiger partial charge in [-0.3, -0.25) is 9.78 Å². The summed E-state index contributed by atoms with van der Waals surface area (Å²) in [6.07, 6.45) is 0.736. The van der Waals surface area contributed by atoms with Crippen LogP contribution in [0.25, 0.3) is 11.0 Å². The molecule has 0 aliphatic rings. The quantitative estimate of drug-likeness (QED) is 0.756. The first-order chi connectivity index (χ1) is 10.1. The van der Waals surface area contributed by atoms with E-state index in [0.29, 0.717) is 11.1 Å². The van der Waals surface area contributed by atoms with Crippen LogP contribution in [0.3, 0.4) is 0 Å². The Bertz CT molecular complexity index is 898. The summed E-state index contributed by atoms with van der Waals surface area (Å²) in [6.45, 7) is 1.73. The maximum absolute atomic E-state index is 13.5. The standard InChI is InChI=1S/C14H10FN3O3/c1-7-8-4-2-3-5-10(8)21-11(7)13(19)17-12-9(15)6-16-14(20)18-12/h2-6H,1H3,(H2,16,17,18,19,20). The summed E-state index contributed by atoms with van der Waals surface area (Å²) in [6, 6.07) is 7.16. The largest absolute Gasteiger partial charge is 0.451 e. The number of aryl methyl sites for hydroxylation is 1. The molecule has 3 rings (SSSR count). The van der Waals surface area contributed by atoms with Crippen LogP contribution < -0.4 is 11.0 Å². The van der Waals surface area contributed by atoms with Gasteiger partial charge in [-0.05, 0) is 13.0 Å². The maximum atomic E-state index is 13.5. The Morgan fingerprint density at radius 2 is 2.14 bits per heavy atom. The second-order valence-corrected chi connectivity index (χ2v) is 4.42. The van der Waals surface area contributed by atoms with Crippen LogP contribution in [0.4, 0.5) is 10.2 Å². The number of fused-ring (bicyclic) bond motifs is 1. The molecule has 2 aromatic heterocycles. The summed E-state index contributed by atoms with van der Waals surface area (Å²) in [5, 5.41) is 3.06. The summed E-state index contributed by atoms with van der Waals surface area (Å²) in [5.74, 6) is -1.77. The van der Waals surface area contributed by atoms with Gasteiger partial charge in [-0.1, -0.05) is 18.2 Å². The van der Waals surface area contributed by atoms with Crippen LogP contribution in [0.1, 0.15) is 16.1 Å². The van der Waals surface area contributed by atoms with Gasteiger partial charge in [0.25, 0.3) is 5.91 Å². The highest BCUT2D eigenvalue weighted by molar-refractivity contribution is 6.06. The number of hydrogen-bond donors (Lipinski definition) is 2. The number of nitrogens with zero attached hydrogens (tertiary/aromatic N) is 1. The Balaban J connectivity index is 1.99. The van der Waals surface area contributed by atoms with Crippen LogP contribution in [0.2, 0.25) is 0 Å². The van der Waals surface area contributed by atoms with Crippen molar-refractivity contribution in [2.75, 3.05) is 5.32 Å². The molecule has 7 heteroatoms. The number of hydrogen-bond acceptors (Lipinski definition) is 4. The summed E-state index contributed by atoms with van der Waals surface area (Å²) in [4.78, 5) is 28.5. The van der Waals surface area contributed by atoms with Crippen LogP contribution >= 0.6 is 0 Å². The molecule has 0 atom stereocenters. The molecule has 0 spiro atoms. The molecule has 0 bridgehead atoms. The molecular formula is C14H10FN3O3. The lowest BCUT2D eigenvalue weighted by atomic mass is 10.1. The molecule has 0 saturated heterocycles. The molecule has 0 radical (unpaired) electrons. The number of amides is 1. The van der Waals surface area contributed by atoms with Gasteiger partial charge in [-0.25, -0.2) is 9.18 Å². The van der Waals surface area contributed by atoms with Crippen LogP contribution in [0.5, 0.6) is 0 Å². The zero-order chi connectivity index (χ0) is 15.0. The highest BCUT2D eigenvalue weighted by Crippen LogP contribution is 2.25. The molecule has 1 aromatic carbocycles. The third-order valence-corrected chi connectivity index (χ3v) is 3.05. The van der Waals surface area contributed by atoms with Gasteiger partial charge < -0.3 is 9.73 Å². The number of furan rings is 1. The average Bonchev–Trinajstić information content (AvgIpc) is 2.81. The molecule has 2 N–H and O–H groups in total. The molecule has 0 unspecified atom stereocenters. The lowest BCUT2D eigenvalue weighted by Gasteiger charge is -2.03. The van der Waals surface area contributed by atoms with E-state index in [1.807, 2.05) is 12.1 Å². The highest BCUT2D eigenvalue weighted by atomic mass is 19.1. The number of nitrogens with one attached hydrogen (secondary N) is 2. The Morgan fingerprint density at radius 1 is 1.38 bits per heavy atom. The molecule has 106 valence electrons. The van der Waals surface area contributed by atoms with Crippen LogP contribution in [-0.4, -0.2) is 15.9 Å². The van der Waals surface area contributed by atoms with Crippen molar-refractivity contribution in [1.29, 1.82) is 0 Å². The van der Waals surface area contributed by atoms with Gasteiger partial charge in [-0.15, -0.1) is 0 Å². The Kier molecular flexibility index (Phi) is 3.02. The van der Waals surface area contributed by atoms with E-state index in [4.69, 9.17) is 4.42 Å². The molecule has 0 aliphatic carbocycles. The van der Waals surface area contributed by atoms with Crippen molar-refractivity contribution in [1.82, 2.24) is 9.97 Å². The first-order valence-electron chi connectivity index (χ1n) is 6.10. The Labute approximate surface area is 117 Å². The van der Waals surface area contributed by atoms with Crippen molar-refractivity contribution in [3.05, 3.63) is 58.1 Å². The van der Waals surface area contributed by atoms with E-state index in [9.17, 15) is 14.0 Å². The molecule has 21 heavy (non-hydrogen) atoms. The lowest BCUT2D eigenvalue weighted by Crippen LogP contribution is -2.19. The number of aromatic amines is 1. The van der Waals surface area contributed by atoms with E-state index in [0.717, 1.165) is 11.6 Å². The van der Waals surface area contributed by atoms with Gasteiger partial charge >= 0.3 is 5.69 Å². The van der Waals surface area contributed by atoms with Crippen LogP contribution in [0.15, 0.2) is 39.7 Å². The van der Waals surface area contributed by atoms with Gasteiger partial charge in [0, 0.05) is 10.9 Å². The zero-order valence-corrected chi connectivity index (χ0v) is 10.9. The first kappa shape index (κ1) is 13.0. The second kappa shape index (κ2) is 4.86. The average molecular weight is 287 g/mol. The fraction of sp³-hybridized carbons (Fsp3) is 0.0714. The highest BCUT2D eigenvalue weighted by Gasteiger charge is 2.19. The van der Waals surface area contributed by atoms with E-state index in [1.54, 1.807) is 19.1 Å². The minimum Gasteiger partial charge on any atom is -0.451 e. The number of para-hydroxylation sites is 1. The summed E-state index contributed by atoms with van der Waals surface area (Å²) < 4.78 is 18.9. The van der Waals surface area contributed by atoms with Crippen molar-refractivity contribution >= 4 is 22.7 Å². The number of carbonyl (C=O) groups is 1. The number of carbonyl (C=O) groups excluding carboxylic acids is 1. The van der Waals surface area contributed by atoms with Crippen molar-refractivity contribution < 1.29 is 13.6 Å². The molecular weight excluding hydrogens is 277 g/mol. The second-order valence-electron chi connectivity index (χ2n) is 4.42. The molecule has 3 aromatic rings. The van der Waals surface area contributed by atoms with E-state index in [-0.39, 0.29) is 11.6 Å². The number of anilines is 1. The van der Waals surface area contributed by atoms with Crippen molar-refractivity contribution in [2.45, 2.75) is 6.92 Å². The lowest BCUT2D eigenvalue weighted by molar-refractivity contribution is 0.0997. The van der Waals surface area contributed by atoms with E-state index < -0.39 is 17.4 Å². The fourth-order valence-corrected chi connectivity index (χ4v) is 2.03. The molecule has 1 amide bonds. The third kappa shape index (κ3) is 2.29. The van der Waals surface area contributed by atoms with Crippen molar-refractivity contribution in [2.24, 2.45) is 0 Å². The maximum Gasteiger partial charge on any atom is 0.346 e. The number of H-pyrrole nitrogens is 1. The SMILES string of the molecule is Cc1c(C(=O)Nc2[nH]c(=O)ncc2F)oc2ccccc12. The predicted molar refractivity (Wildman–Crippen MR) is 73.7 cm³/mol. The van der Waals surface area contributed by atoms with E-state index >= 15 is 0 Å². The number of benzene rings is 1. The smallest absolute Gasteiger partial charge is 0.346 e. The predicted octanol–water partition coefficient (Wildman–Crippen LogP) is 2.22. The first-order valence-corrected chi connectivity index (χ1v) is 6.10. The Morgan fingerprint density at radius 3 is 2.90 bits per heavy atom. The number of aromatic nitrogens is 2. The fourth-order valence-electron chi connectivity index (χ4n) is 2.03. The minimum absolute atomic E-state index is 0.0632. The monoisotopic (exact) mass is 287 g/mol. The van der Waals surface area contributed by atoms with Crippen molar-refractivity contribution in [3.8, 4) is 0 Å². The Hall–Kier alpha value is -2.96. The molecule has 2 heterocycles. The number of rotatable bonds is 2. The van der Waals surface area contributed by atoms with Crippen molar-refractivity contribution in [3.63, 3.8) is 0 Å². The molecule has 0 aliphatic heterocycles. The summed E-state index contributed by atoms with van der Waals surface area (Å²) in [7, 11) is 0. The van der Waals surface area contributed by atoms with E-state index in [2.05, 4.69) is 15.3 Å². The van der Waals surface area contributed by atoms with Gasteiger partial charge in [0.1, 0.15) is 5.58 Å². The summed E-state index contributed by atoms with van der Waals surface area (Å²) >= 11 is 0. The molecule has 0 saturated carbocycles. The van der Waals surface area contributed by atoms with Crippen LogP contribution in [0, 0.1) is 12.7 Å². The van der Waals surface area contributed by atoms with Gasteiger partial charge in [0.2, 0.25) is 0 Å². The van der Waals surface area contributed by atoms with Gasteiger partial charge in [-0.2, -0.15) is 4.98 Å². The third-order valence-electron chi connectivity index (χ3n) is 3.05. The molecule has 6 nitrogen and oxygen atoms in total. The summed E-state index contributed by atoms with van der Waals surface area (Å²) in [5.41, 5.74) is 0.441. The number of halogens is 1. The zero-order valence-electron chi connectivity index (χ0n) is 10.9. The van der Waals surface area contributed by atoms with Gasteiger partial charge in [0.15, 0.2) is 17.4 Å². The topological polar surface area (TPSA) is 88.0 Å². The van der Waals surface area contributed by atoms with E-state index in [1.165, 1.54) is 0 Å². The molecule has 0 fully saturated rings. The van der Waals surface area contributed by atoms with Gasteiger partial charge in [0.05, 0.1) is 6.20 Å². The normalized spacial score (nSPS) is 10.8.